The minimum Gasteiger partial charge on any atom is -0.465 e. The first kappa shape index (κ1) is 16.2. The highest BCUT2D eigenvalue weighted by atomic mass is 16.6. The van der Waals surface area contributed by atoms with Crippen molar-refractivity contribution in [3.05, 3.63) is 12.2 Å². The molecule has 1 aliphatic carbocycles. The zero-order valence-corrected chi connectivity index (χ0v) is 12.0. The molecule has 0 saturated heterocycles. The van der Waals surface area contributed by atoms with Crippen molar-refractivity contribution in [3.63, 3.8) is 0 Å². The van der Waals surface area contributed by atoms with Gasteiger partial charge in [-0.25, -0.2) is 0 Å². The second kappa shape index (κ2) is 7.67. The number of hydrogen-bond donors (Lipinski definition) is 0. The second-order valence-corrected chi connectivity index (χ2v) is 4.41. The van der Waals surface area contributed by atoms with Crippen molar-refractivity contribution in [2.45, 2.75) is 33.3 Å². The van der Waals surface area contributed by atoms with Crippen molar-refractivity contribution in [2.24, 2.45) is 11.8 Å². The number of carbonyl (C=O) groups excluding carboxylic acids is 3. The molecule has 0 spiro atoms. The fraction of sp³-hybridized carbons (Fsp3) is 0.643. The molecule has 6 heteroatoms. The van der Waals surface area contributed by atoms with Crippen LogP contribution in [0, 0.1) is 11.8 Å². The third-order valence-electron chi connectivity index (χ3n) is 2.90. The molecule has 0 amide bonds. The summed E-state index contributed by atoms with van der Waals surface area (Å²) in [6.45, 7) is 5.05. The molecule has 1 rings (SSSR count). The normalized spacial score (nSPS) is 20.8. The maximum Gasteiger partial charge on any atom is 0.320 e. The first-order valence-electron chi connectivity index (χ1n) is 6.68. The van der Waals surface area contributed by atoms with Crippen LogP contribution in [-0.2, 0) is 28.6 Å². The Hall–Kier alpha value is -1.85. The van der Waals surface area contributed by atoms with Crippen LogP contribution >= 0.6 is 0 Å². The van der Waals surface area contributed by atoms with Gasteiger partial charge in [0.1, 0.15) is 6.10 Å². The Kier molecular flexibility index (Phi) is 6.21. The number of hydrogen-bond acceptors (Lipinski definition) is 6. The molecule has 0 unspecified atom stereocenters. The Morgan fingerprint density at radius 1 is 1.10 bits per heavy atom. The maximum absolute atomic E-state index is 11.9. The molecule has 1 aliphatic rings. The van der Waals surface area contributed by atoms with E-state index >= 15 is 0 Å². The highest BCUT2D eigenvalue weighted by molar-refractivity contribution is 5.95. The van der Waals surface area contributed by atoms with E-state index in [1.165, 1.54) is 6.92 Å². The van der Waals surface area contributed by atoms with E-state index in [-0.39, 0.29) is 19.1 Å². The van der Waals surface area contributed by atoms with Gasteiger partial charge in [0, 0.05) is 12.8 Å². The largest absolute Gasteiger partial charge is 0.465 e. The van der Waals surface area contributed by atoms with Gasteiger partial charge in [-0.05, 0) is 26.3 Å². The van der Waals surface area contributed by atoms with E-state index in [1.54, 1.807) is 26.0 Å². The summed E-state index contributed by atoms with van der Waals surface area (Å²) in [5.74, 6) is -3.00. The van der Waals surface area contributed by atoms with E-state index in [2.05, 4.69) is 0 Å². The fourth-order valence-corrected chi connectivity index (χ4v) is 2.15. The van der Waals surface area contributed by atoms with Crippen LogP contribution in [0.4, 0.5) is 0 Å². The van der Waals surface area contributed by atoms with Crippen molar-refractivity contribution in [3.8, 4) is 0 Å². The number of ether oxygens (including phenoxy) is 3. The number of esters is 3. The van der Waals surface area contributed by atoms with E-state index in [9.17, 15) is 14.4 Å². The van der Waals surface area contributed by atoms with Gasteiger partial charge >= 0.3 is 17.9 Å². The molecule has 0 heterocycles. The Morgan fingerprint density at radius 2 is 1.65 bits per heavy atom. The molecule has 0 radical (unpaired) electrons. The molecule has 112 valence electrons. The molecule has 0 fully saturated rings. The number of rotatable bonds is 6. The van der Waals surface area contributed by atoms with E-state index in [0.717, 1.165) is 0 Å². The minimum atomic E-state index is -1.01. The van der Waals surface area contributed by atoms with Gasteiger partial charge in [0.15, 0.2) is 5.92 Å². The molecule has 6 nitrogen and oxygen atoms in total. The molecule has 0 aliphatic heterocycles. The highest BCUT2D eigenvalue weighted by Gasteiger charge is 2.39. The van der Waals surface area contributed by atoms with E-state index in [0.29, 0.717) is 6.42 Å². The Bertz CT molecular complexity index is 382. The van der Waals surface area contributed by atoms with Crippen LogP contribution in [0.5, 0.6) is 0 Å². The highest BCUT2D eigenvalue weighted by Crippen LogP contribution is 2.29. The van der Waals surface area contributed by atoms with Gasteiger partial charge in [-0.1, -0.05) is 6.08 Å². The predicted molar refractivity (Wildman–Crippen MR) is 69.6 cm³/mol. The van der Waals surface area contributed by atoms with Crippen molar-refractivity contribution in [1.82, 2.24) is 0 Å². The minimum absolute atomic E-state index is 0.193. The molecular weight excluding hydrogens is 264 g/mol. The lowest BCUT2D eigenvalue weighted by molar-refractivity contribution is -0.163. The smallest absolute Gasteiger partial charge is 0.320 e. The van der Waals surface area contributed by atoms with Gasteiger partial charge in [0.2, 0.25) is 0 Å². The summed E-state index contributed by atoms with van der Waals surface area (Å²) in [6.07, 6.45) is 3.34. The monoisotopic (exact) mass is 284 g/mol. The number of allylic oxidation sites excluding steroid dienone is 1. The predicted octanol–water partition coefficient (Wildman–Crippen LogP) is 1.24. The van der Waals surface area contributed by atoms with Crippen molar-refractivity contribution in [1.29, 1.82) is 0 Å². The summed E-state index contributed by atoms with van der Waals surface area (Å²) >= 11 is 0. The number of carbonyl (C=O) groups is 3. The fourth-order valence-electron chi connectivity index (χ4n) is 2.15. The molecule has 2 atom stereocenters. The summed E-state index contributed by atoms with van der Waals surface area (Å²) in [7, 11) is 0. The standard InChI is InChI=1S/C14H20O6/c1-4-18-13(16)12(14(17)19-5-2)10-6-7-11(8-10)20-9(3)15/h6-7,10-12H,4-5,8H2,1-3H3/t10-,11+/m0/s1. The van der Waals surface area contributed by atoms with Crippen LogP contribution in [0.1, 0.15) is 27.2 Å². The molecule has 0 aromatic carbocycles. The lowest BCUT2D eigenvalue weighted by Gasteiger charge is -2.20. The zero-order chi connectivity index (χ0) is 15.1. The average Bonchev–Trinajstić information content (AvgIpc) is 2.77. The average molecular weight is 284 g/mol. The van der Waals surface area contributed by atoms with Gasteiger partial charge in [0.05, 0.1) is 13.2 Å². The SMILES string of the molecule is CCOC(=O)C(C(=O)OCC)[C@H]1C=C[C@@H](OC(C)=O)C1. The Labute approximate surface area is 118 Å². The van der Waals surface area contributed by atoms with Gasteiger partial charge < -0.3 is 14.2 Å². The van der Waals surface area contributed by atoms with Crippen molar-refractivity contribution >= 4 is 17.9 Å². The Morgan fingerprint density at radius 3 is 2.10 bits per heavy atom. The van der Waals surface area contributed by atoms with Crippen LogP contribution in [0.25, 0.3) is 0 Å². The molecule has 0 N–H and O–H groups in total. The third-order valence-corrected chi connectivity index (χ3v) is 2.90. The van der Waals surface area contributed by atoms with Crippen LogP contribution in [0.2, 0.25) is 0 Å². The van der Waals surface area contributed by atoms with Crippen LogP contribution in [0.3, 0.4) is 0 Å². The molecule has 0 aromatic rings. The van der Waals surface area contributed by atoms with Crippen LogP contribution in [-0.4, -0.2) is 37.2 Å². The van der Waals surface area contributed by atoms with Crippen molar-refractivity contribution < 1.29 is 28.6 Å². The molecule has 0 saturated carbocycles. The van der Waals surface area contributed by atoms with Crippen molar-refractivity contribution in [2.75, 3.05) is 13.2 Å². The lowest BCUT2D eigenvalue weighted by atomic mass is 9.91. The second-order valence-electron chi connectivity index (χ2n) is 4.41. The summed E-state index contributed by atoms with van der Waals surface area (Å²) in [4.78, 5) is 34.7. The van der Waals surface area contributed by atoms with E-state index in [4.69, 9.17) is 14.2 Å². The first-order valence-corrected chi connectivity index (χ1v) is 6.68. The molecular formula is C14H20O6. The summed E-state index contributed by atoms with van der Waals surface area (Å²) < 4.78 is 14.9. The zero-order valence-electron chi connectivity index (χ0n) is 12.0. The molecule has 20 heavy (non-hydrogen) atoms. The van der Waals surface area contributed by atoms with Gasteiger partial charge in [-0.3, -0.25) is 14.4 Å². The molecule has 0 bridgehead atoms. The van der Waals surface area contributed by atoms with E-state index in [1.807, 2.05) is 0 Å². The quantitative estimate of drug-likeness (QED) is 0.316. The lowest BCUT2D eigenvalue weighted by Crippen LogP contribution is -2.34. The van der Waals surface area contributed by atoms with E-state index < -0.39 is 29.9 Å². The summed E-state index contributed by atoms with van der Waals surface area (Å²) in [5.41, 5.74) is 0. The maximum atomic E-state index is 11.9. The van der Waals surface area contributed by atoms with Gasteiger partial charge in [0.25, 0.3) is 0 Å². The summed E-state index contributed by atoms with van der Waals surface area (Å²) in [6, 6.07) is 0. The van der Waals surface area contributed by atoms with Gasteiger partial charge in [-0.15, -0.1) is 0 Å². The third kappa shape index (κ3) is 4.36. The summed E-state index contributed by atoms with van der Waals surface area (Å²) in [5, 5.41) is 0. The van der Waals surface area contributed by atoms with Gasteiger partial charge in [-0.2, -0.15) is 0 Å². The first-order chi connectivity index (χ1) is 9.49. The van der Waals surface area contributed by atoms with Crippen LogP contribution < -0.4 is 0 Å². The topological polar surface area (TPSA) is 78.9 Å². The molecule has 0 aromatic heterocycles. The Balaban J connectivity index is 2.75. The van der Waals surface area contributed by atoms with Crippen LogP contribution in [0.15, 0.2) is 12.2 Å².